The number of piperazine rings is 1. The average molecular weight is 314 g/mol. The molecule has 6 heteroatoms. The van der Waals surface area contributed by atoms with Crippen LogP contribution in [-0.4, -0.2) is 54.1 Å². The zero-order valence-corrected chi connectivity index (χ0v) is 12.7. The second-order valence-electron chi connectivity index (χ2n) is 4.69. The van der Waals surface area contributed by atoms with E-state index in [2.05, 4.69) is 61.9 Å². The number of anilines is 2. The van der Waals surface area contributed by atoms with Gasteiger partial charge in [-0.25, -0.2) is 9.97 Å². The fraction of sp³-hybridized carbons (Fsp3) is 0.667. The van der Waals surface area contributed by atoms with Crippen molar-refractivity contribution in [2.45, 2.75) is 19.9 Å². The standard InChI is InChI=1S/C12H20BrN5/c1-4-14-11-10(13)12(16-8-15-11)18-6-5-17(3)7-9(18)2/h8-9H,4-7H2,1-3H3,(H,14,15,16). The maximum atomic E-state index is 4.43. The van der Waals surface area contributed by atoms with Gasteiger partial charge < -0.3 is 15.1 Å². The summed E-state index contributed by atoms with van der Waals surface area (Å²) >= 11 is 3.62. The molecule has 0 bridgehead atoms. The van der Waals surface area contributed by atoms with Crippen LogP contribution < -0.4 is 10.2 Å². The normalized spacial score (nSPS) is 21.1. The molecule has 18 heavy (non-hydrogen) atoms. The van der Waals surface area contributed by atoms with E-state index in [1.807, 2.05) is 0 Å². The monoisotopic (exact) mass is 313 g/mol. The largest absolute Gasteiger partial charge is 0.369 e. The van der Waals surface area contributed by atoms with Gasteiger partial charge in [-0.15, -0.1) is 0 Å². The minimum Gasteiger partial charge on any atom is -0.369 e. The molecule has 1 N–H and O–H groups in total. The van der Waals surface area contributed by atoms with E-state index >= 15 is 0 Å². The molecule has 2 heterocycles. The first-order chi connectivity index (χ1) is 8.63. The summed E-state index contributed by atoms with van der Waals surface area (Å²) in [6, 6.07) is 0.462. The fourth-order valence-corrected chi connectivity index (χ4v) is 2.88. The lowest BCUT2D eigenvalue weighted by Gasteiger charge is -2.39. The predicted molar refractivity (Wildman–Crippen MR) is 78.2 cm³/mol. The molecule has 1 fully saturated rings. The molecule has 0 aromatic carbocycles. The highest BCUT2D eigenvalue weighted by Crippen LogP contribution is 2.31. The molecule has 100 valence electrons. The van der Waals surface area contributed by atoms with Crippen LogP contribution in [0.3, 0.4) is 0 Å². The highest BCUT2D eigenvalue weighted by molar-refractivity contribution is 9.10. The Labute approximate surface area is 117 Å². The summed E-state index contributed by atoms with van der Waals surface area (Å²) in [6.07, 6.45) is 1.63. The van der Waals surface area contributed by atoms with E-state index < -0.39 is 0 Å². The highest BCUT2D eigenvalue weighted by Gasteiger charge is 2.25. The van der Waals surface area contributed by atoms with Crippen molar-refractivity contribution in [2.75, 3.05) is 43.4 Å². The molecule has 1 aliphatic heterocycles. The third-order valence-electron chi connectivity index (χ3n) is 3.22. The van der Waals surface area contributed by atoms with E-state index in [-0.39, 0.29) is 0 Å². The van der Waals surface area contributed by atoms with Gasteiger partial charge in [-0.3, -0.25) is 0 Å². The molecular formula is C12H20BrN5. The van der Waals surface area contributed by atoms with E-state index in [1.165, 1.54) is 0 Å². The Balaban J connectivity index is 2.25. The first kappa shape index (κ1) is 13.5. The predicted octanol–water partition coefficient (Wildman–Crippen LogP) is 1.81. The van der Waals surface area contributed by atoms with Gasteiger partial charge in [-0.2, -0.15) is 0 Å². The van der Waals surface area contributed by atoms with Crippen LogP contribution >= 0.6 is 15.9 Å². The van der Waals surface area contributed by atoms with Crippen molar-refractivity contribution in [2.24, 2.45) is 0 Å². The van der Waals surface area contributed by atoms with Crippen LogP contribution in [0.25, 0.3) is 0 Å². The van der Waals surface area contributed by atoms with Crippen LogP contribution in [0.15, 0.2) is 10.8 Å². The number of halogens is 1. The molecule has 0 spiro atoms. The summed E-state index contributed by atoms with van der Waals surface area (Å²) in [6.45, 7) is 8.28. The summed E-state index contributed by atoms with van der Waals surface area (Å²) in [5.74, 6) is 1.86. The van der Waals surface area contributed by atoms with Crippen LogP contribution in [-0.2, 0) is 0 Å². The summed E-state index contributed by atoms with van der Waals surface area (Å²) in [5.41, 5.74) is 0. The molecule has 0 saturated carbocycles. The number of hydrogen-bond acceptors (Lipinski definition) is 5. The molecule has 0 aliphatic carbocycles. The molecule has 1 aromatic rings. The Kier molecular flexibility index (Phi) is 4.40. The Hall–Kier alpha value is -0.880. The van der Waals surface area contributed by atoms with Crippen LogP contribution in [0.4, 0.5) is 11.6 Å². The van der Waals surface area contributed by atoms with Crippen LogP contribution in [0.2, 0.25) is 0 Å². The third kappa shape index (κ3) is 2.75. The van der Waals surface area contributed by atoms with Crippen molar-refractivity contribution < 1.29 is 0 Å². The van der Waals surface area contributed by atoms with Crippen molar-refractivity contribution in [3.8, 4) is 0 Å². The first-order valence-corrected chi connectivity index (χ1v) is 7.12. The Bertz CT molecular complexity index is 411. The van der Waals surface area contributed by atoms with Crippen molar-refractivity contribution in [1.29, 1.82) is 0 Å². The zero-order valence-electron chi connectivity index (χ0n) is 11.1. The van der Waals surface area contributed by atoms with Gasteiger partial charge >= 0.3 is 0 Å². The molecule has 5 nitrogen and oxygen atoms in total. The van der Waals surface area contributed by atoms with Crippen molar-refractivity contribution in [3.05, 3.63) is 10.8 Å². The lowest BCUT2D eigenvalue weighted by atomic mass is 10.2. The molecule has 0 radical (unpaired) electrons. The number of likely N-dealkylation sites (N-methyl/N-ethyl adjacent to an activating group) is 1. The third-order valence-corrected chi connectivity index (χ3v) is 3.95. The number of nitrogens with one attached hydrogen (secondary N) is 1. The topological polar surface area (TPSA) is 44.3 Å². The van der Waals surface area contributed by atoms with E-state index in [9.17, 15) is 0 Å². The number of aromatic nitrogens is 2. The molecule has 1 atom stereocenters. The van der Waals surface area contributed by atoms with Crippen molar-refractivity contribution in [3.63, 3.8) is 0 Å². The molecule has 1 saturated heterocycles. The minimum atomic E-state index is 0.462. The Morgan fingerprint density at radius 3 is 2.89 bits per heavy atom. The zero-order chi connectivity index (χ0) is 13.1. The molecule has 0 amide bonds. The second-order valence-corrected chi connectivity index (χ2v) is 5.49. The van der Waals surface area contributed by atoms with Gasteiger partial charge in [0.05, 0.1) is 0 Å². The maximum absolute atomic E-state index is 4.43. The van der Waals surface area contributed by atoms with E-state index in [1.54, 1.807) is 6.33 Å². The molecule has 1 aliphatic rings. The summed E-state index contributed by atoms with van der Waals surface area (Å²) < 4.78 is 0.961. The van der Waals surface area contributed by atoms with E-state index in [0.29, 0.717) is 6.04 Å². The lowest BCUT2D eigenvalue weighted by Crippen LogP contribution is -2.51. The maximum Gasteiger partial charge on any atom is 0.148 e. The SMILES string of the molecule is CCNc1ncnc(N2CCN(C)CC2C)c1Br. The lowest BCUT2D eigenvalue weighted by molar-refractivity contribution is 0.274. The van der Waals surface area contributed by atoms with Gasteiger partial charge in [-0.1, -0.05) is 0 Å². The summed E-state index contributed by atoms with van der Waals surface area (Å²) in [5, 5.41) is 3.24. The highest BCUT2D eigenvalue weighted by atomic mass is 79.9. The molecule has 1 aromatic heterocycles. The van der Waals surface area contributed by atoms with Crippen LogP contribution in [0.1, 0.15) is 13.8 Å². The van der Waals surface area contributed by atoms with Crippen LogP contribution in [0.5, 0.6) is 0 Å². The Morgan fingerprint density at radius 1 is 1.44 bits per heavy atom. The number of rotatable bonds is 3. The first-order valence-electron chi connectivity index (χ1n) is 6.33. The van der Waals surface area contributed by atoms with Gasteiger partial charge in [0, 0.05) is 32.2 Å². The van der Waals surface area contributed by atoms with Crippen molar-refractivity contribution >= 4 is 27.6 Å². The van der Waals surface area contributed by atoms with Gasteiger partial charge in [-0.05, 0) is 36.8 Å². The van der Waals surface area contributed by atoms with Gasteiger partial charge in [0.2, 0.25) is 0 Å². The fourth-order valence-electron chi connectivity index (χ4n) is 2.31. The summed E-state index contributed by atoms with van der Waals surface area (Å²) in [4.78, 5) is 13.4. The average Bonchev–Trinajstić information content (AvgIpc) is 2.33. The van der Waals surface area contributed by atoms with Gasteiger partial charge in [0.1, 0.15) is 22.4 Å². The van der Waals surface area contributed by atoms with Crippen LogP contribution in [0, 0.1) is 0 Å². The number of nitrogens with zero attached hydrogens (tertiary/aromatic N) is 4. The molecule has 1 unspecified atom stereocenters. The molecule has 2 rings (SSSR count). The molecular weight excluding hydrogens is 294 g/mol. The van der Waals surface area contributed by atoms with E-state index in [0.717, 1.165) is 42.3 Å². The minimum absolute atomic E-state index is 0.462. The summed E-state index contributed by atoms with van der Waals surface area (Å²) in [7, 11) is 2.16. The van der Waals surface area contributed by atoms with E-state index in [4.69, 9.17) is 0 Å². The Morgan fingerprint density at radius 2 is 2.22 bits per heavy atom. The number of hydrogen-bond donors (Lipinski definition) is 1. The van der Waals surface area contributed by atoms with Crippen molar-refractivity contribution in [1.82, 2.24) is 14.9 Å². The van der Waals surface area contributed by atoms with Gasteiger partial charge in [0.25, 0.3) is 0 Å². The van der Waals surface area contributed by atoms with Gasteiger partial charge in [0.15, 0.2) is 0 Å². The smallest absolute Gasteiger partial charge is 0.148 e. The second kappa shape index (κ2) is 5.84. The quantitative estimate of drug-likeness (QED) is 0.922.